The summed E-state index contributed by atoms with van der Waals surface area (Å²) in [5.74, 6) is 0.391. The van der Waals surface area contributed by atoms with Gasteiger partial charge in [-0.3, -0.25) is 4.79 Å². The van der Waals surface area contributed by atoms with E-state index < -0.39 is 0 Å². The van der Waals surface area contributed by atoms with E-state index in [9.17, 15) is 4.79 Å². The van der Waals surface area contributed by atoms with E-state index in [2.05, 4.69) is 27.2 Å². The number of rotatable bonds is 8. The van der Waals surface area contributed by atoms with Gasteiger partial charge in [0.05, 0.1) is 0 Å². The van der Waals surface area contributed by atoms with Crippen molar-refractivity contribution in [1.82, 2.24) is 15.3 Å². The molecule has 0 radical (unpaired) electrons. The van der Waals surface area contributed by atoms with Gasteiger partial charge in [-0.15, -0.1) is 6.58 Å². The second-order valence-electron chi connectivity index (χ2n) is 3.56. The average molecular weight is 250 g/mol. The van der Waals surface area contributed by atoms with Crippen LogP contribution in [-0.2, 0) is 4.74 Å². The number of carbonyl (C=O) groups is 1. The van der Waals surface area contributed by atoms with Crippen LogP contribution in [0.15, 0.2) is 25.0 Å². The topological polar surface area (TPSA) is 76.1 Å². The molecule has 1 amide bonds. The molecule has 18 heavy (non-hydrogen) atoms. The second kappa shape index (κ2) is 8.19. The highest BCUT2D eigenvalue weighted by molar-refractivity contribution is 5.92. The van der Waals surface area contributed by atoms with Crippen molar-refractivity contribution >= 4 is 11.7 Å². The number of ether oxygens (including phenoxy) is 1. The molecule has 0 atom stereocenters. The monoisotopic (exact) mass is 250 g/mol. The minimum absolute atomic E-state index is 0.213. The predicted octanol–water partition coefficient (Wildman–Crippen LogP) is 0.841. The molecule has 1 heterocycles. The number of anilines is 1. The van der Waals surface area contributed by atoms with Crippen LogP contribution < -0.4 is 10.6 Å². The third-order valence-electron chi connectivity index (χ3n) is 2.14. The van der Waals surface area contributed by atoms with Crippen molar-refractivity contribution < 1.29 is 9.53 Å². The fourth-order valence-electron chi connectivity index (χ4n) is 1.26. The summed E-state index contributed by atoms with van der Waals surface area (Å²) in [5.41, 5.74) is 0.342. The molecule has 0 aliphatic heterocycles. The van der Waals surface area contributed by atoms with Crippen LogP contribution in [0.2, 0.25) is 0 Å². The normalized spacial score (nSPS) is 9.83. The van der Waals surface area contributed by atoms with Crippen LogP contribution in [0.5, 0.6) is 0 Å². The van der Waals surface area contributed by atoms with Crippen LogP contribution in [0.1, 0.15) is 16.9 Å². The Morgan fingerprint density at radius 2 is 2.39 bits per heavy atom. The van der Waals surface area contributed by atoms with Crippen molar-refractivity contribution in [2.75, 3.05) is 32.1 Å². The van der Waals surface area contributed by atoms with Gasteiger partial charge in [-0.2, -0.15) is 0 Å². The summed E-state index contributed by atoms with van der Waals surface area (Å²) >= 11 is 0. The van der Waals surface area contributed by atoms with Gasteiger partial charge >= 0.3 is 0 Å². The quantitative estimate of drug-likeness (QED) is 0.528. The zero-order valence-corrected chi connectivity index (χ0v) is 10.5. The van der Waals surface area contributed by atoms with E-state index in [1.807, 2.05) is 0 Å². The van der Waals surface area contributed by atoms with Crippen LogP contribution in [-0.4, -0.2) is 42.7 Å². The van der Waals surface area contributed by atoms with Gasteiger partial charge in [-0.05, 0) is 6.42 Å². The van der Waals surface area contributed by atoms with Crippen LogP contribution in [0, 0.1) is 0 Å². The summed E-state index contributed by atoms with van der Waals surface area (Å²) in [6, 6.07) is 1.61. The SMILES string of the molecule is C=CCNc1cc(C(=O)NCCCOC)ncn1. The molecule has 98 valence electrons. The number of hydrogen-bond donors (Lipinski definition) is 2. The molecule has 0 saturated heterocycles. The number of aromatic nitrogens is 2. The Hall–Kier alpha value is -1.95. The highest BCUT2D eigenvalue weighted by Crippen LogP contribution is 2.03. The summed E-state index contributed by atoms with van der Waals surface area (Å²) in [6.45, 7) is 5.37. The standard InChI is InChI=1S/C12H18N4O2/c1-3-5-13-11-8-10(15-9-16-11)12(17)14-6-4-7-18-2/h3,8-9H,1,4-7H2,2H3,(H,14,17)(H,13,15,16). The van der Waals surface area contributed by atoms with Crippen LogP contribution in [0.4, 0.5) is 5.82 Å². The lowest BCUT2D eigenvalue weighted by Gasteiger charge is -2.06. The number of nitrogens with one attached hydrogen (secondary N) is 2. The molecule has 0 saturated carbocycles. The maximum absolute atomic E-state index is 11.7. The van der Waals surface area contributed by atoms with Gasteiger partial charge in [0.2, 0.25) is 0 Å². The van der Waals surface area contributed by atoms with Crippen LogP contribution in [0.3, 0.4) is 0 Å². The molecule has 0 unspecified atom stereocenters. The molecule has 1 rings (SSSR count). The van der Waals surface area contributed by atoms with Crippen molar-refractivity contribution in [1.29, 1.82) is 0 Å². The van der Waals surface area contributed by atoms with Crippen LogP contribution in [0.25, 0.3) is 0 Å². The van der Waals surface area contributed by atoms with Crippen molar-refractivity contribution in [3.63, 3.8) is 0 Å². The molecule has 0 aliphatic carbocycles. The molecule has 6 heteroatoms. The van der Waals surface area contributed by atoms with E-state index >= 15 is 0 Å². The van der Waals surface area contributed by atoms with Crippen molar-refractivity contribution in [3.8, 4) is 0 Å². The molecular weight excluding hydrogens is 232 g/mol. The Labute approximate surface area is 106 Å². The zero-order chi connectivity index (χ0) is 13.2. The Balaban J connectivity index is 2.48. The van der Waals surface area contributed by atoms with Gasteiger partial charge in [0.25, 0.3) is 5.91 Å². The number of nitrogens with zero attached hydrogens (tertiary/aromatic N) is 2. The Morgan fingerprint density at radius 1 is 1.56 bits per heavy atom. The van der Waals surface area contributed by atoms with E-state index in [-0.39, 0.29) is 5.91 Å². The summed E-state index contributed by atoms with van der Waals surface area (Å²) in [7, 11) is 1.63. The van der Waals surface area contributed by atoms with Crippen molar-refractivity contribution in [2.24, 2.45) is 0 Å². The summed E-state index contributed by atoms with van der Waals surface area (Å²) in [5, 5.41) is 5.76. The summed E-state index contributed by atoms with van der Waals surface area (Å²) in [6.07, 6.45) is 3.84. The lowest BCUT2D eigenvalue weighted by atomic mass is 10.3. The first-order valence-corrected chi connectivity index (χ1v) is 5.72. The van der Waals surface area contributed by atoms with Gasteiger partial charge in [0.15, 0.2) is 0 Å². The van der Waals surface area contributed by atoms with Crippen molar-refractivity contribution in [2.45, 2.75) is 6.42 Å². The third-order valence-corrected chi connectivity index (χ3v) is 2.14. The maximum atomic E-state index is 11.7. The lowest BCUT2D eigenvalue weighted by molar-refractivity contribution is 0.0943. The molecule has 0 fully saturated rings. The Bertz CT molecular complexity index is 395. The largest absolute Gasteiger partial charge is 0.385 e. The smallest absolute Gasteiger partial charge is 0.270 e. The number of hydrogen-bond acceptors (Lipinski definition) is 5. The van der Waals surface area contributed by atoms with E-state index in [0.29, 0.717) is 31.2 Å². The summed E-state index contributed by atoms with van der Waals surface area (Å²) in [4.78, 5) is 19.7. The van der Waals surface area contributed by atoms with E-state index in [1.54, 1.807) is 19.3 Å². The molecule has 0 aliphatic rings. The van der Waals surface area contributed by atoms with E-state index in [0.717, 1.165) is 6.42 Å². The van der Waals surface area contributed by atoms with Gasteiger partial charge in [0, 0.05) is 32.9 Å². The molecule has 1 aromatic heterocycles. The number of methoxy groups -OCH3 is 1. The first-order chi connectivity index (χ1) is 8.77. The highest BCUT2D eigenvalue weighted by atomic mass is 16.5. The fraction of sp³-hybridized carbons (Fsp3) is 0.417. The highest BCUT2D eigenvalue weighted by Gasteiger charge is 2.07. The van der Waals surface area contributed by atoms with Crippen molar-refractivity contribution in [3.05, 3.63) is 30.7 Å². The minimum Gasteiger partial charge on any atom is -0.385 e. The summed E-state index contributed by atoms with van der Waals surface area (Å²) < 4.78 is 4.90. The number of amides is 1. The Kier molecular flexibility index (Phi) is 6.42. The number of carbonyl (C=O) groups excluding carboxylic acids is 1. The fourth-order valence-corrected chi connectivity index (χ4v) is 1.26. The predicted molar refractivity (Wildman–Crippen MR) is 69.5 cm³/mol. The van der Waals surface area contributed by atoms with Crippen LogP contribution >= 0.6 is 0 Å². The molecule has 0 spiro atoms. The van der Waals surface area contributed by atoms with E-state index in [4.69, 9.17) is 4.74 Å². The lowest BCUT2D eigenvalue weighted by Crippen LogP contribution is -2.26. The first kappa shape index (κ1) is 14.1. The second-order valence-corrected chi connectivity index (χ2v) is 3.56. The molecule has 6 nitrogen and oxygen atoms in total. The van der Waals surface area contributed by atoms with Gasteiger partial charge in [0.1, 0.15) is 17.8 Å². The molecule has 2 N–H and O–H groups in total. The Morgan fingerprint density at radius 3 is 3.11 bits per heavy atom. The average Bonchev–Trinajstić information content (AvgIpc) is 2.41. The van der Waals surface area contributed by atoms with Gasteiger partial charge in [-0.1, -0.05) is 6.08 Å². The molecule has 1 aromatic rings. The molecule has 0 aromatic carbocycles. The van der Waals surface area contributed by atoms with E-state index in [1.165, 1.54) is 6.33 Å². The molecular formula is C12H18N4O2. The maximum Gasteiger partial charge on any atom is 0.270 e. The third kappa shape index (κ3) is 4.92. The van der Waals surface area contributed by atoms with Gasteiger partial charge < -0.3 is 15.4 Å². The zero-order valence-electron chi connectivity index (χ0n) is 10.5. The minimum atomic E-state index is -0.213. The van der Waals surface area contributed by atoms with Gasteiger partial charge in [-0.25, -0.2) is 9.97 Å². The first-order valence-electron chi connectivity index (χ1n) is 5.72. The molecule has 0 bridgehead atoms.